The van der Waals surface area contributed by atoms with E-state index in [0.717, 1.165) is 35.1 Å². The van der Waals surface area contributed by atoms with Crippen molar-refractivity contribution in [3.63, 3.8) is 0 Å². The van der Waals surface area contributed by atoms with E-state index >= 15 is 0 Å². The van der Waals surface area contributed by atoms with Crippen LogP contribution in [0.1, 0.15) is 36.5 Å². The van der Waals surface area contributed by atoms with E-state index in [2.05, 4.69) is 5.32 Å². The first-order chi connectivity index (χ1) is 16.6. The second kappa shape index (κ2) is 7.30. The summed E-state index contributed by atoms with van der Waals surface area (Å²) >= 11 is 6.22. The molecule has 3 amide bonds. The lowest BCUT2D eigenvalue weighted by molar-refractivity contribution is -0.137. The number of hydrogen-bond donors (Lipinski definition) is 1. The molecule has 0 saturated carbocycles. The normalized spacial score (nSPS) is 29.7. The molecule has 0 aromatic heterocycles. The van der Waals surface area contributed by atoms with Gasteiger partial charge in [0.05, 0.1) is 28.1 Å². The first-order valence-electron chi connectivity index (χ1n) is 11.6. The van der Waals surface area contributed by atoms with E-state index < -0.39 is 40.9 Å². The molecule has 4 aliphatic heterocycles. The highest BCUT2D eigenvalue weighted by Crippen LogP contribution is 2.61. The Bertz CT molecular complexity index is 1310. The minimum atomic E-state index is -4.68. The quantitative estimate of drug-likeness (QED) is 0.619. The van der Waals surface area contributed by atoms with Crippen molar-refractivity contribution in [2.45, 2.75) is 43.9 Å². The van der Waals surface area contributed by atoms with Crippen molar-refractivity contribution in [1.82, 2.24) is 4.90 Å². The molecule has 3 fully saturated rings. The molecule has 2 aromatic carbocycles. The van der Waals surface area contributed by atoms with Gasteiger partial charge in [0.1, 0.15) is 5.54 Å². The molecule has 6 nitrogen and oxygen atoms in total. The predicted octanol–water partition coefficient (Wildman–Crippen LogP) is 4.35. The predicted molar refractivity (Wildman–Crippen MR) is 122 cm³/mol. The van der Waals surface area contributed by atoms with Gasteiger partial charge in [-0.05, 0) is 55.6 Å². The fourth-order valence-electron chi connectivity index (χ4n) is 6.57. The number of imide groups is 1. The Morgan fingerprint density at radius 2 is 1.89 bits per heavy atom. The monoisotopic (exact) mass is 503 g/mol. The second-order valence-corrected chi connectivity index (χ2v) is 9.94. The van der Waals surface area contributed by atoms with Gasteiger partial charge in [0, 0.05) is 17.3 Å². The topological polar surface area (TPSA) is 69.7 Å². The van der Waals surface area contributed by atoms with Crippen molar-refractivity contribution in [1.29, 1.82) is 0 Å². The molecule has 6 rings (SSSR count). The van der Waals surface area contributed by atoms with Crippen LogP contribution in [0.25, 0.3) is 0 Å². The maximum absolute atomic E-state index is 14.0. The zero-order chi connectivity index (χ0) is 24.9. The van der Waals surface area contributed by atoms with E-state index in [0.29, 0.717) is 30.6 Å². The van der Waals surface area contributed by atoms with Crippen LogP contribution in [0.3, 0.4) is 0 Å². The Balaban J connectivity index is 1.54. The average molecular weight is 504 g/mol. The molecule has 3 saturated heterocycles. The fourth-order valence-corrected chi connectivity index (χ4v) is 6.77. The van der Waals surface area contributed by atoms with Crippen LogP contribution in [0, 0.1) is 11.8 Å². The number of carbonyl (C=O) groups is 3. The number of fused-ring (bicyclic) bond motifs is 7. The highest BCUT2D eigenvalue weighted by Gasteiger charge is 2.74. The largest absolute Gasteiger partial charge is 0.416 e. The van der Waals surface area contributed by atoms with Gasteiger partial charge in [-0.3, -0.25) is 19.3 Å². The van der Waals surface area contributed by atoms with Crippen LogP contribution in [0.4, 0.5) is 24.5 Å². The van der Waals surface area contributed by atoms with Crippen molar-refractivity contribution in [2.24, 2.45) is 11.8 Å². The lowest BCUT2D eigenvalue weighted by Gasteiger charge is -2.37. The van der Waals surface area contributed by atoms with Crippen molar-refractivity contribution in [3.8, 4) is 0 Å². The molecule has 10 heteroatoms. The average Bonchev–Trinajstić information content (AvgIpc) is 3.51. The van der Waals surface area contributed by atoms with Crippen molar-refractivity contribution >= 4 is 40.7 Å². The molecule has 1 spiro atoms. The number of amides is 3. The van der Waals surface area contributed by atoms with Crippen LogP contribution >= 0.6 is 11.6 Å². The third-order valence-corrected chi connectivity index (χ3v) is 8.30. The van der Waals surface area contributed by atoms with Crippen LogP contribution in [-0.2, 0) is 32.5 Å². The molecule has 4 atom stereocenters. The lowest BCUT2D eigenvalue weighted by Crippen LogP contribution is -2.54. The second-order valence-electron chi connectivity index (χ2n) is 9.54. The summed E-state index contributed by atoms with van der Waals surface area (Å²) in [6, 6.07) is 7.83. The van der Waals surface area contributed by atoms with Gasteiger partial charge < -0.3 is 5.32 Å². The molecule has 0 unspecified atom stereocenters. The van der Waals surface area contributed by atoms with E-state index in [-0.39, 0.29) is 22.7 Å². The summed E-state index contributed by atoms with van der Waals surface area (Å²) in [5.74, 6) is -3.58. The Morgan fingerprint density at radius 3 is 2.60 bits per heavy atom. The van der Waals surface area contributed by atoms with E-state index in [4.69, 9.17) is 11.6 Å². The molecule has 35 heavy (non-hydrogen) atoms. The third-order valence-electron chi connectivity index (χ3n) is 7.98. The minimum absolute atomic E-state index is 0.137. The molecular weight excluding hydrogens is 483 g/mol. The summed E-state index contributed by atoms with van der Waals surface area (Å²) < 4.78 is 40.3. The molecule has 0 radical (unpaired) electrons. The third kappa shape index (κ3) is 2.79. The Morgan fingerprint density at radius 1 is 1.11 bits per heavy atom. The molecule has 2 aromatic rings. The summed E-state index contributed by atoms with van der Waals surface area (Å²) in [6.45, 7) is 2.53. The van der Waals surface area contributed by atoms with Crippen molar-refractivity contribution in [2.75, 3.05) is 16.8 Å². The number of nitrogens with zero attached hydrogens (tertiary/aromatic N) is 2. The minimum Gasteiger partial charge on any atom is -0.324 e. The Labute approximate surface area is 204 Å². The Kier molecular flexibility index (Phi) is 4.70. The molecule has 4 heterocycles. The number of alkyl halides is 3. The highest BCUT2D eigenvalue weighted by molar-refractivity contribution is 6.36. The van der Waals surface area contributed by atoms with Crippen LogP contribution in [0.5, 0.6) is 0 Å². The summed E-state index contributed by atoms with van der Waals surface area (Å²) in [6.07, 6.45) is -2.60. The van der Waals surface area contributed by atoms with Gasteiger partial charge >= 0.3 is 6.18 Å². The fraction of sp³-hybridized carbons (Fsp3) is 0.400. The first-order valence-corrected chi connectivity index (χ1v) is 11.9. The number of halogens is 4. The lowest BCUT2D eigenvalue weighted by atomic mass is 9.75. The summed E-state index contributed by atoms with van der Waals surface area (Å²) in [4.78, 5) is 44.1. The van der Waals surface area contributed by atoms with Gasteiger partial charge in [-0.15, -0.1) is 0 Å². The van der Waals surface area contributed by atoms with Gasteiger partial charge in [0.25, 0.3) is 0 Å². The van der Waals surface area contributed by atoms with Crippen molar-refractivity contribution in [3.05, 3.63) is 58.1 Å². The summed E-state index contributed by atoms with van der Waals surface area (Å²) in [5, 5.41) is 2.76. The zero-order valence-electron chi connectivity index (χ0n) is 18.7. The smallest absolute Gasteiger partial charge is 0.324 e. The van der Waals surface area contributed by atoms with E-state index in [1.165, 1.54) is 0 Å². The summed E-state index contributed by atoms with van der Waals surface area (Å²) in [7, 11) is 0. The summed E-state index contributed by atoms with van der Waals surface area (Å²) in [5.41, 5.74) is -0.473. The van der Waals surface area contributed by atoms with E-state index in [1.807, 2.05) is 30.0 Å². The van der Waals surface area contributed by atoms with Gasteiger partial charge in [-0.2, -0.15) is 13.2 Å². The van der Waals surface area contributed by atoms with Gasteiger partial charge in [-0.1, -0.05) is 30.7 Å². The number of nitrogens with one attached hydrogen (secondary N) is 1. The van der Waals surface area contributed by atoms with Crippen LogP contribution in [0.15, 0.2) is 36.4 Å². The first kappa shape index (κ1) is 22.5. The van der Waals surface area contributed by atoms with Crippen LogP contribution in [-0.4, -0.2) is 35.2 Å². The van der Waals surface area contributed by atoms with Gasteiger partial charge in [-0.25, -0.2) is 4.90 Å². The van der Waals surface area contributed by atoms with Crippen LogP contribution < -0.4 is 10.2 Å². The number of rotatable bonds is 2. The molecule has 0 bridgehead atoms. The molecule has 182 valence electrons. The number of benzene rings is 2. The van der Waals surface area contributed by atoms with E-state index in [9.17, 15) is 27.6 Å². The maximum atomic E-state index is 14.0. The zero-order valence-corrected chi connectivity index (χ0v) is 19.4. The van der Waals surface area contributed by atoms with E-state index in [1.54, 1.807) is 0 Å². The SMILES string of the molecule is CCc1ccc2c(c1)[C@]1(C(=O)N2)[C@@H]2C(=O)N(c3cc(C(F)(F)F)ccc3Cl)C(=O)[C@H]2[C@H]2CCCN21. The maximum Gasteiger partial charge on any atom is 0.416 e. The Hall–Kier alpha value is -2.91. The molecule has 0 aliphatic carbocycles. The van der Waals surface area contributed by atoms with Gasteiger partial charge in [0.15, 0.2) is 0 Å². The van der Waals surface area contributed by atoms with Crippen LogP contribution in [0.2, 0.25) is 5.02 Å². The number of aryl methyl sites for hydroxylation is 1. The highest BCUT2D eigenvalue weighted by atomic mass is 35.5. The number of hydrogen-bond acceptors (Lipinski definition) is 4. The van der Waals surface area contributed by atoms with Crippen molar-refractivity contribution < 1.29 is 27.6 Å². The number of carbonyl (C=O) groups excluding carboxylic acids is 3. The molecule has 1 N–H and O–H groups in total. The number of anilines is 2. The molecule has 4 aliphatic rings. The standard InChI is InChI=1S/C25H21ClF3N3O3/c1-2-12-5-8-16-14(10-12)24(23(35)30-16)20-19(17-4-3-9-31(17)24)21(33)32(22(20)34)18-11-13(25(27,28)29)6-7-15(18)26/h5-8,10-11,17,19-20H,2-4,9H2,1H3,(H,30,35)/t17-,19+,20+,24-/m1/s1. The van der Waals surface area contributed by atoms with Gasteiger partial charge in [0.2, 0.25) is 17.7 Å². The molecular formula is C25H21ClF3N3O3.